The maximum Gasteiger partial charge on any atom is 0.246 e. The van der Waals surface area contributed by atoms with Crippen molar-refractivity contribution in [1.29, 1.82) is 0 Å². The van der Waals surface area contributed by atoms with Crippen LogP contribution in [0.15, 0.2) is 0 Å². The first-order valence-corrected chi connectivity index (χ1v) is 4.40. The summed E-state index contributed by atoms with van der Waals surface area (Å²) in [5, 5.41) is 2.73. The molecule has 0 fully saturated rings. The van der Waals surface area contributed by atoms with Crippen molar-refractivity contribution in [3.8, 4) is 12.3 Å². The van der Waals surface area contributed by atoms with Crippen LogP contribution in [0.25, 0.3) is 0 Å². The summed E-state index contributed by atoms with van der Waals surface area (Å²) in [6, 6.07) is 0.0215. The van der Waals surface area contributed by atoms with Gasteiger partial charge in [0.05, 0.1) is 6.10 Å². The second kappa shape index (κ2) is 6.50. The molecule has 1 N–H and O–H groups in total. The fraction of sp³-hybridized carbons (Fsp3) is 0.700. The van der Waals surface area contributed by atoms with Crippen LogP contribution < -0.4 is 5.32 Å². The number of ether oxygens (including phenoxy) is 1. The Morgan fingerprint density at radius 1 is 1.54 bits per heavy atom. The lowest BCUT2D eigenvalue weighted by Gasteiger charge is -2.12. The lowest BCUT2D eigenvalue weighted by molar-refractivity contribution is -0.127. The molecule has 0 saturated carbocycles. The number of carbonyl (C=O) groups is 1. The van der Waals surface area contributed by atoms with Crippen LogP contribution in [0.2, 0.25) is 0 Å². The molecule has 1 atom stereocenters. The van der Waals surface area contributed by atoms with E-state index in [2.05, 4.69) is 11.2 Å². The molecule has 0 aromatic heterocycles. The predicted octanol–water partition coefficient (Wildman–Crippen LogP) is 0.939. The summed E-state index contributed by atoms with van der Waals surface area (Å²) in [6.45, 7) is 5.75. The number of hydrogen-bond acceptors (Lipinski definition) is 2. The summed E-state index contributed by atoms with van der Waals surface area (Å²) in [7, 11) is 0. The zero-order chi connectivity index (χ0) is 10.3. The molecule has 0 aromatic carbocycles. The number of hydrogen-bond donors (Lipinski definition) is 1. The van der Waals surface area contributed by atoms with Crippen molar-refractivity contribution in [1.82, 2.24) is 5.32 Å². The Kier molecular flexibility index (Phi) is 5.99. The first kappa shape index (κ1) is 12.0. The molecule has 0 heterocycles. The molecule has 3 heteroatoms. The summed E-state index contributed by atoms with van der Waals surface area (Å²) < 4.78 is 5.12. The predicted molar refractivity (Wildman–Crippen MR) is 52.1 cm³/mol. The molecule has 3 nitrogen and oxygen atoms in total. The second-order valence-electron chi connectivity index (χ2n) is 3.24. The molecule has 0 bridgehead atoms. The highest BCUT2D eigenvalue weighted by molar-refractivity contribution is 5.77. The topological polar surface area (TPSA) is 38.3 Å². The lowest BCUT2D eigenvalue weighted by atomic mass is 10.2. The van der Waals surface area contributed by atoms with Gasteiger partial charge in [-0.05, 0) is 20.8 Å². The van der Waals surface area contributed by atoms with E-state index >= 15 is 0 Å². The lowest BCUT2D eigenvalue weighted by Crippen LogP contribution is -2.35. The van der Waals surface area contributed by atoms with Gasteiger partial charge in [-0.3, -0.25) is 4.79 Å². The van der Waals surface area contributed by atoms with Crippen molar-refractivity contribution in [3.05, 3.63) is 0 Å². The van der Waals surface area contributed by atoms with Crippen molar-refractivity contribution in [2.45, 2.75) is 39.3 Å². The van der Waals surface area contributed by atoms with Gasteiger partial charge in [0.2, 0.25) is 5.91 Å². The van der Waals surface area contributed by atoms with Crippen molar-refractivity contribution in [3.63, 3.8) is 0 Å². The smallest absolute Gasteiger partial charge is 0.246 e. The SMILES string of the molecule is C#CCC(C)NC(=O)COC(C)C. The van der Waals surface area contributed by atoms with E-state index in [-0.39, 0.29) is 24.7 Å². The highest BCUT2D eigenvalue weighted by Gasteiger charge is 2.06. The van der Waals surface area contributed by atoms with Gasteiger partial charge in [-0.25, -0.2) is 0 Å². The van der Waals surface area contributed by atoms with E-state index in [0.717, 1.165) is 0 Å². The molecule has 0 aliphatic rings. The Bertz CT molecular complexity index is 194. The minimum absolute atomic E-state index is 0.0215. The average molecular weight is 183 g/mol. The third-order valence-corrected chi connectivity index (χ3v) is 1.38. The molecule has 74 valence electrons. The van der Waals surface area contributed by atoms with Crippen molar-refractivity contribution < 1.29 is 9.53 Å². The highest BCUT2D eigenvalue weighted by Crippen LogP contribution is 1.90. The molecule has 0 aliphatic carbocycles. The minimum Gasteiger partial charge on any atom is -0.369 e. The van der Waals surface area contributed by atoms with Crippen LogP contribution >= 0.6 is 0 Å². The van der Waals surface area contributed by atoms with Crippen LogP contribution in [0.1, 0.15) is 27.2 Å². The minimum atomic E-state index is -0.114. The molecular formula is C10H17NO2. The van der Waals surface area contributed by atoms with Crippen molar-refractivity contribution >= 4 is 5.91 Å². The maximum absolute atomic E-state index is 11.1. The molecule has 0 aliphatic heterocycles. The van der Waals surface area contributed by atoms with E-state index < -0.39 is 0 Å². The Morgan fingerprint density at radius 3 is 2.62 bits per heavy atom. The molecule has 13 heavy (non-hydrogen) atoms. The molecule has 1 amide bonds. The second-order valence-corrected chi connectivity index (χ2v) is 3.24. The van der Waals surface area contributed by atoms with Gasteiger partial charge < -0.3 is 10.1 Å². The van der Waals surface area contributed by atoms with Gasteiger partial charge in [0.1, 0.15) is 6.61 Å². The number of rotatable bonds is 5. The summed E-state index contributed by atoms with van der Waals surface area (Å²) in [5.74, 6) is 2.37. The van der Waals surface area contributed by atoms with E-state index in [1.54, 1.807) is 0 Å². The van der Waals surface area contributed by atoms with E-state index in [1.165, 1.54) is 0 Å². The average Bonchev–Trinajstić information content (AvgIpc) is 2.01. The Labute approximate surface area is 79.8 Å². The molecule has 0 spiro atoms. The van der Waals surface area contributed by atoms with Crippen LogP contribution in [-0.2, 0) is 9.53 Å². The largest absolute Gasteiger partial charge is 0.369 e. The van der Waals surface area contributed by atoms with Gasteiger partial charge in [-0.1, -0.05) is 0 Å². The maximum atomic E-state index is 11.1. The zero-order valence-electron chi connectivity index (χ0n) is 8.46. The molecular weight excluding hydrogens is 166 g/mol. The van der Waals surface area contributed by atoms with Gasteiger partial charge in [0.15, 0.2) is 0 Å². The van der Waals surface area contributed by atoms with Crippen molar-refractivity contribution in [2.75, 3.05) is 6.61 Å². The van der Waals surface area contributed by atoms with Crippen LogP contribution in [0, 0.1) is 12.3 Å². The summed E-state index contributed by atoms with van der Waals surface area (Å²) in [4.78, 5) is 11.1. The van der Waals surface area contributed by atoms with Crippen molar-refractivity contribution in [2.24, 2.45) is 0 Å². The molecule has 0 aromatic rings. The number of terminal acetylenes is 1. The monoisotopic (exact) mass is 183 g/mol. The normalized spacial score (nSPS) is 12.2. The summed E-state index contributed by atoms with van der Waals surface area (Å²) >= 11 is 0. The fourth-order valence-corrected chi connectivity index (χ4v) is 0.787. The molecule has 1 unspecified atom stereocenters. The molecule has 0 radical (unpaired) electrons. The quantitative estimate of drug-likeness (QED) is 0.644. The number of amides is 1. The van der Waals surface area contributed by atoms with E-state index in [4.69, 9.17) is 11.2 Å². The fourth-order valence-electron chi connectivity index (χ4n) is 0.787. The molecule has 0 saturated heterocycles. The summed E-state index contributed by atoms with van der Waals surface area (Å²) in [6.07, 6.45) is 5.72. The Balaban J connectivity index is 3.57. The van der Waals surface area contributed by atoms with E-state index in [1.807, 2.05) is 20.8 Å². The van der Waals surface area contributed by atoms with Crippen LogP contribution in [0.3, 0.4) is 0 Å². The van der Waals surface area contributed by atoms with E-state index in [9.17, 15) is 4.79 Å². The van der Waals surface area contributed by atoms with Gasteiger partial charge in [0, 0.05) is 12.5 Å². The van der Waals surface area contributed by atoms with Gasteiger partial charge in [0.25, 0.3) is 0 Å². The van der Waals surface area contributed by atoms with Crippen LogP contribution in [0.5, 0.6) is 0 Å². The first-order chi connectivity index (χ1) is 6.06. The molecule has 0 rings (SSSR count). The Hall–Kier alpha value is -1.01. The number of nitrogens with one attached hydrogen (secondary N) is 1. The third kappa shape index (κ3) is 7.35. The zero-order valence-corrected chi connectivity index (χ0v) is 8.46. The highest BCUT2D eigenvalue weighted by atomic mass is 16.5. The van der Waals surface area contributed by atoms with Crippen LogP contribution in [0.4, 0.5) is 0 Å². The van der Waals surface area contributed by atoms with Gasteiger partial charge in [-0.2, -0.15) is 0 Å². The van der Waals surface area contributed by atoms with Gasteiger partial charge in [-0.15, -0.1) is 12.3 Å². The standard InChI is InChI=1S/C10H17NO2/c1-5-6-9(4)11-10(12)7-13-8(2)3/h1,8-9H,6-7H2,2-4H3,(H,11,12). The van der Waals surface area contributed by atoms with E-state index in [0.29, 0.717) is 6.42 Å². The van der Waals surface area contributed by atoms with Crippen LogP contribution in [-0.4, -0.2) is 24.7 Å². The van der Waals surface area contributed by atoms with Gasteiger partial charge >= 0.3 is 0 Å². The number of carbonyl (C=O) groups excluding carboxylic acids is 1. The summed E-state index contributed by atoms with van der Waals surface area (Å²) in [5.41, 5.74) is 0. The first-order valence-electron chi connectivity index (χ1n) is 4.40. The third-order valence-electron chi connectivity index (χ3n) is 1.38. The Morgan fingerprint density at radius 2 is 2.15 bits per heavy atom.